The third-order valence-corrected chi connectivity index (χ3v) is 4.15. The molecule has 21 heavy (non-hydrogen) atoms. The molecule has 1 heterocycles. The highest BCUT2D eigenvalue weighted by Crippen LogP contribution is 2.22. The molecule has 0 radical (unpaired) electrons. The van der Waals surface area contributed by atoms with E-state index in [1.807, 2.05) is 0 Å². The van der Waals surface area contributed by atoms with E-state index in [0.29, 0.717) is 19.0 Å². The molecule has 1 amide bonds. The van der Waals surface area contributed by atoms with Crippen molar-refractivity contribution in [1.82, 2.24) is 10.6 Å². The lowest BCUT2D eigenvalue weighted by Crippen LogP contribution is -2.39. The highest BCUT2D eigenvalue weighted by atomic mass is 35.5. The number of hydrogen-bond acceptors (Lipinski definition) is 2. The Bertz CT molecular complexity index is 450. The quantitative estimate of drug-likeness (QED) is 0.878. The monoisotopic (exact) mass is 310 g/mol. The van der Waals surface area contributed by atoms with Crippen molar-refractivity contribution in [2.24, 2.45) is 0 Å². The van der Waals surface area contributed by atoms with Gasteiger partial charge in [0.2, 0.25) is 5.91 Å². The third kappa shape index (κ3) is 5.33. The first kappa shape index (κ1) is 18.0. The fraction of sp³-hybridized carbons (Fsp3) is 0.588. The summed E-state index contributed by atoms with van der Waals surface area (Å²) >= 11 is 0. The number of rotatable bonds is 5. The molecule has 1 fully saturated rings. The van der Waals surface area contributed by atoms with E-state index in [1.165, 1.54) is 17.5 Å². The van der Waals surface area contributed by atoms with Crippen LogP contribution in [-0.4, -0.2) is 25.0 Å². The molecule has 1 unspecified atom stereocenters. The molecule has 2 rings (SSSR count). The standard InChI is InChI=1S/C17H26N2O.ClH/c1-13-6-8-14(9-7-13)17(2,3)12-19-16(20)11-15-5-4-10-18-15;/h6-9,15,18H,4-5,10-12H2,1-3H3,(H,19,20);1H. The Balaban J connectivity index is 0.00000220. The smallest absolute Gasteiger partial charge is 0.221 e. The van der Waals surface area contributed by atoms with Gasteiger partial charge < -0.3 is 10.6 Å². The van der Waals surface area contributed by atoms with Crippen LogP contribution in [-0.2, 0) is 10.2 Å². The summed E-state index contributed by atoms with van der Waals surface area (Å²) in [6.45, 7) is 8.17. The number of aryl methyl sites for hydroxylation is 1. The highest BCUT2D eigenvalue weighted by molar-refractivity contribution is 5.85. The Morgan fingerprint density at radius 2 is 2.00 bits per heavy atom. The Hall–Kier alpha value is -1.06. The second kappa shape index (κ2) is 7.81. The number of hydrogen-bond donors (Lipinski definition) is 2. The van der Waals surface area contributed by atoms with Gasteiger partial charge in [0.1, 0.15) is 0 Å². The van der Waals surface area contributed by atoms with E-state index in [4.69, 9.17) is 0 Å². The van der Waals surface area contributed by atoms with Gasteiger partial charge in [0.25, 0.3) is 0 Å². The first-order chi connectivity index (χ1) is 9.47. The average molecular weight is 311 g/mol. The zero-order valence-electron chi connectivity index (χ0n) is 13.2. The Morgan fingerprint density at radius 1 is 1.33 bits per heavy atom. The van der Waals surface area contributed by atoms with Crippen molar-refractivity contribution in [3.63, 3.8) is 0 Å². The van der Waals surface area contributed by atoms with Gasteiger partial charge in [-0.05, 0) is 31.9 Å². The van der Waals surface area contributed by atoms with Crippen LogP contribution < -0.4 is 10.6 Å². The highest BCUT2D eigenvalue weighted by Gasteiger charge is 2.23. The van der Waals surface area contributed by atoms with Crippen LogP contribution in [0.15, 0.2) is 24.3 Å². The molecular formula is C17H27ClN2O. The van der Waals surface area contributed by atoms with E-state index in [9.17, 15) is 4.79 Å². The molecule has 4 heteroatoms. The van der Waals surface area contributed by atoms with Crippen molar-refractivity contribution in [3.8, 4) is 0 Å². The number of nitrogens with one attached hydrogen (secondary N) is 2. The van der Waals surface area contributed by atoms with Crippen molar-refractivity contribution in [3.05, 3.63) is 35.4 Å². The SMILES string of the molecule is Cc1ccc(C(C)(C)CNC(=O)CC2CCCN2)cc1.Cl. The average Bonchev–Trinajstić information content (AvgIpc) is 2.90. The second-order valence-electron chi connectivity index (χ2n) is 6.52. The molecular weight excluding hydrogens is 284 g/mol. The normalized spacial score (nSPS) is 18.1. The summed E-state index contributed by atoms with van der Waals surface area (Å²) in [6.07, 6.45) is 2.91. The third-order valence-electron chi connectivity index (χ3n) is 4.15. The topological polar surface area (TPSA) is 41.1 Å². The maximum absolute atomic E-state index is 12.0. The largest absolute Gasteiger partial charge is 0.355 e. The summed E-state index contributed by atoms with van der Waals surface area (Å²) in [4.78, 5) is 12.0. The van der Waals surface area contributed by atoms with Gasteiger partial charge in [0.05, 0.1) is 0 Å². The lowest BCUT2D eigenvalue weighted by molar-refractivity contribution is -0.121. The van der Waals surface area contributed by atoms with Gasteiger partial charge in [-0.1, -0.05) is 43.7 Å². The number of halogens is 1. The Kier molecular flexibility index (Phi) is 6.69. The Labute approximate surface area is 134 Å². The molecule has 0 aromatic heterocycles. The molecule has 3 nitrogen and oxygen atoms in total. The minimum atomic E-state index is -0.0353. The molecule has 0 bridgehead atoms. The first-order valence-corrected chi connectivity index (χ1v) is 7.54. The molecule has 2 N–H and O–H groups in total. The lowest BCUT2D eigenvalue weighted by Gasteiger charge is -2.26. The zero-order valence-corrected chi connectivity index (χ0v) is 14.1. The summed E-state index contributed by atoms with van der Waals surface area (Å²) < 4.78 is 0. The van der Waals surface area contributed by atoms with Crippen LogP contribution in [0.3, 0.4) is 0 Å². The van der Waals surface area contributed by atoms with Crippen molar-refractivity contribution in [2.45, 2.75) is 51.5 Å². The van der Waals surface area contributed by atoms with Crippen molar-refractivity contribution in [2.75, 3.05) is 13.1 Å². The fourth-order valence-electron chi connectivity index (χ4n) is 2.65. The fourth-order valence-corrected chi connectivity index (χ4v) is 2.65. The van der Waals surface area contributed by atoms with Gasteiger partial charge in [-0.25, -0.2) is 0 Å². The molecule has 1 aliphatic rings. The summed E-state index contributed by atoms with van der Waals surface area (Å²) in [6, 6.07) is 8.93. The van der Waals surface area contributed by atoms with E-state index < -0.39 is 0 Å². The van der Waals surface area contributed by atoms with E-state index in [-0.39, 0.29) is 23.7 Å². The first-order valence-electron chi connectivity index (χ1n) is 7.54. The number of carbonyl (C=O) groups excluding carboxylic acids is 1. The van der Waals surface area contributed by atoms with Gasteiger partial charge >= 0.3 is 0 Å². The van der Waals surface area contributed by atoms with Crippen LogP contribution in [0.1, 0.15) is 44.2 Å². The molecule has 1 aliphatic heterocycles. The van der Waals surface area contributed by atoms with Crippen LogP contribution in [0.25, 0.3) is 0 Å². The predicted octanol–water partition coefficient (Wildman–Crippen LogP) is 2.95. The summed E-state index contributed by atoms with van der Waals surface area (Å²) in [5.41, 5.74) is 2.50. The maximum Gasteiger partial charge on any atom is 0.221 e. The Morgan fingerprint density at radius 3 is 2.57 bits per heavy atom. The maximum atomic E-state index is 12.0. The molecule has 1 saturated heterocycles. The van der Waals surface area contributed by atoms with E-state index in [2.05, 4.69) is 55.7 Å². The molecule has 0 spiro atoms. The van der Waals surface area contributed by atoms with Gasteiger partial charge in [-0.2, -0.15) is 0 Å². The molecule has 0 saturated carbocycles. The van der Waals surface area contributed by atoms with E-state index in [0.717, 1.165) is 13.0 Å². The summed E-state index contributed by atoms with van der Waals surface area (Å²) in [5, 5.41) is 6.45. The van der Waals surface area contributed by atoms with Crippen molar-refractivity contribution in [1.29, 1.82) is 0 Å². The minimum Gasteiger partial charge on any atom is -0.355 e. The molecule has 1 aromatic rings. The number of amides is 1. The number of carbonyl (C=O) groups is 1. The summed E-state index contributed by atoms with van der Waals surface area (Å²) in [5.74, 6) is 0.157. The summed E-state index contributed by atoms with van der Waals surface area (Å²) in [7, 11) is 0. The minimum absolute atomic E-state index is 0. The second-order valence-corrected chi connectivity index (χ2v) is 6.52. The van der Waals surface area contributed by atoms with E-state index in [1.54, 1.807) is 0 Å². The predicted molar refractivity (Wildman–Crippen MR) is 90.1 cm³/mol. The van der Waals surface area contributed by atoms with Crippen LogP contribution in [0.5, 0.6) is 0 Å². The van der Waals surface area contributed by atoms with Crippen LogP contribution in [0.4, 0.5) is 0 Å². The van der Waals surface area contributed by atoms with Gasteiger partial charge in [-0.15, -0.1) is 12.4 Å². The van der Waals surface area contributed by atoms with Gasteiger partial charge in [-0.3, -0.25) is 4.79 Å². The molecule has 1 atom stereocenters. The zero-order chi connectivity index (χ0) is 14.6. The molecule has 0 aliphatic carbocycles. The van der Waals surface area contributed by atoms with Gasteiger partial charge in [0.15, 0.2) is 0 Å². The van der Waals surface area contributed by atoms with Crippen LogP contribution >= 0.6 is 12.4 Å². The molecule has 118 valence electrons. The molecule has 1 aromatic carbocycles. The van der Waals surface area contributed by atoms with Crippen LogP contribution in [0, 0.1) is 6.92 Å². The van der Waals surface area contributed by atoms with Gasteiger partial charge in [0, 0.05) is 24.4 Å². The van der Waals surface area contributed by atoms with Crippen molar-refractivity contribution < 1.29 is 4.79 Å². The lowest BCUT2D eigenvalue weighted by atomic mass is 9.84. The van der Waals surface area contributed by atoms with Crippen LogP contribution in [0.2, 0.25) is 0 Å². The number of benzene rings is 1. The van der Waals surface area contributed by atoms with Crippen molar-refractivity contribution >= 4 is 18.3 Å². The van der Waals surface area contributed by atoms with E-state index >= 15 is 0 Å².